The Bertz CT molecular complexity index is 538. The minimum Gasteiger partial charge on any atom is -0.480 e. The van der Waals surface area contributed by atoms with Crippen molar-refractivity contribution in [1.82, 2.24) is 4.98 Å². The maximum Gasteiger partial charge on any atom is 0.237 e. The predicted molar refractivity (Wildman–Crippen MR) is 74.0 cm³/mol. The van der Waals surface area contributed by atoms with Crippen molar-refractivity contribution in [2.45, 2.75) is 20.4 Å². The molecule has 0 amide bonds. The van der Waals surface area contributed by atoms with Crippen LogP contribution in [0.4, 0.5) is 5.69 Å². The zero-order valence-corrected chi connectivity index (χ0v) is 11.0. The molecule has 3 nitrogen and oxygen atoms in total. The monoisotopic (exact) mass is 242 g/mol. The predicted octanol–water partition coefficient (Wildman–Crippen LogP) is 3.32. The summed E-state index contributed by atoms with van der Waals surface area (Å²) in [5.41, 5.74) is 4.78. The fourth-order valence-electron chi connectivity index (χ4n) is 1.92. The Hall–Kier alpha value is -2.03. The maximum absolute atomic E-state index is 5.21. The molecule has 18 heavy (non-hydrogen) atoms. The minimum atomic E-state index is 0.627. The van der Waals surface area contributed by atoms with E-state index in [0.29, 0.717) is 5.88 Å². The number of pyridine rings is 1. The van der Waals surface area contributed by atoms with Gasteiger partial charge >= 0.3 is 0 Å². The van der Waals surface area contributed by atoms with E-state index in [4.69, 9.17) is 4.74 Å². The van der Waals surface area contributed by atoms with Gasteiger partial charge in [0.2, 0.25) is 5.88 Å². The first-order chi connectivity index (χ1) is 8.70. The average molecular weight is 242 g/mol. The van der Waals surface area contributed by atoms with E-state index in [1.54, 1.807) is 13.3 Å². The summed E-state index contributed by atoms with van der Waals surface area (Å²) in [6.45, 7) is 5.01. The highest BCUT2D eigenvalue weighted by molar-refractivity contribution is 5.52. The van der Waals surface area contributed by atoms with Gasteiger partial charge in [-0.15, -0.1) is 0 Å². The van der Waals surface area contributed by atoms with Gasteiger partial charge in [0.15, 0.2) is 0 Å². The number of hydrogen-bond donors (Lipinski definition) is 1. The van der Waals surface area contributed by atoms with Crippen LogP contribution in [0.25, 0.3) is 0 Å². The molecule has 1 aromatic carbocycles. The highest BCUT2D eigenvalue weighted by atomic mass is 16.5. The van der Waals surface area contributed by atoms with E-state index in [1.165, 1.54) is 16.7 Å². The zero-order chi connectivity index (χ0) is 13.0. The SMILES string of the molecule is COc1ncccc1NCc1ccc(C)cc1C. The molecule has 0 saturated carbocycles. The molecule has 0 unspecified atom stereocenters. The topological polar surface area (TPSA) is 34.1 Å². The summed E-state index contributed by atoms with van der Waals surface area (Å²) in [5.74, 6) is 0.627. The van der Waals surface area contributed by atoms with Gasteiger partial charge in [-0.05, 0) is 37.1 Å². The molecule has 3 heteroatoms. The van der Waals surface area contributed by atoms with Crippen LogP contribution in [0.2, 0.25) is 0 Å². The summed E-state index contributed by atoms with van der Waals surface area (Å²) in [5, 5.41) is 3.35. The third kappa shape index (κ3) is 2.80. The summed E-state index contributed by atoms with van der Waals surface area (Å²) in [7, 11) is 1.63. The highest BCUT2D eigenvalue weighted by Crippen LogP contribution is 2.21. The van der Waals surface area contributed by atoms with Crippen LogP contribution in [0.1, 0.15) is 16.7 Å². The number of ether oxygens (including phenoxy) is 1. The Morgan fingerprint density at radius 1 is 1.22 bits per heavy atom. The van der Waals surface area contributed by atoms with Crippen LogP contribution in [0.5, 0.6) is 5.88 Å². The Kier molecular flexibility index (Phi) is 3.82. The Labute approximate surface area is 108 Å². The molecule has 0 bridgehead atoms. The molecule has 0 aliphatic carbocycles. The molecule has 1 N–H and O–H groups in total. The number of nitrogens with one attached hydrogen (secondary N) is 1. The molecule has 0 radical (unpaired) electrons. The van der Waals surface area contributed by atoms with Crippen molar-refractivity contribution in [3.8, 4) is 5.88 Å². The van der Waals surface area contributed by atoms with Gasteiger partial charge in [0.25, 0.3) is 0 Å². The molecule has 1 heterocycles. The lowest BCUT2D eigenvalue weighted by Gasteiger charge is -2.11. The summed E-state index contributed by atoms with van der Waals surface area (Å²) in [6.07, 6.45) is 1.72. The molecule has 0 fully saturated rings. The third-order valence-corrected chi connectivity index (χ3v) is 2.93. The smallest absolute Gasteiger partial charge is 0.237 e. The lowest BCUT2D eigenvalue weighted by atomic mass is 10.1. The molecule has 94 valence electrons. The molecular formula is C15H18N2O. The number of aromatic nitrogens is 1. The van der Waals surface area contributed by atoms with Gasteiger partial charge in [-0.1, -0.05) is 23.8 Å². The van der Waals surface area contributed by atoms with Crippen LogP contribution in [-0.4, -0.2) is 12.1 Å². The van der Waals surface area contributed by atoms with E-state index in [-0.39, 0.29) is 0 Å². The van der Waals surface area contributed by atoms with Crippen LogP contribution in [0.3, 0.4) is 0 Å². The van der Waals surface area contributed by atoms with Crippen molar-refractivity contribution in [3.05, 3.63) is 53.2 Å². The Morgan fingerprint density at radius 2 is 2.06 bits per heavy atom. The molecule has 2 aromatic rings. The summed E-state index contributed by atoms with van der Waals surface area (Å²) < 4.78 is 5.21. The second-order valence-corrected chi connectivity index (χ2v) is 4.34. The van der Waals surface area contributed by atoms with Gasteiger partial charge in [-0.2, -0.15) is 0 Å². The molecule has 0 aliphatic heterocycles. The third-order valence-electron chi connectivity index (χ3n) is 2.93. The molecular weight excluding hydrogens is 224 g/mol. The van der Waals surface area contributed by atoms with Gasteiger partial charge in [0.1, 0.15) is 0 Å². The molecule has 1 aromatic heterocycles. The van der Waals surface area contributed by atoms with E-state index >= 15 is 0 Å². The van der Waals surface area contributed by atoms with Gasteiger partial charge in [-0.3, -0.25) is 0 Å². The van der Waals surface area contributed by atoms with E-state index in [1.807, 2.05) is 12.1 Å². The van der Waals surface area contributed by atoms with Crippen LogP contribution in [0, 0.1) is 13.8 Å². The van der Waals surface area contributed by atoms with E-state index in [2.05, 4.69) is 42.3 Å². The quantitative estimate of drug-likeness (QED) is 0.893. The van der Waals surface area contributed by atoms with Crippen molar-refractivity contribution in [3.63, 3.8) is 0 Å². The lowest BCUT2D eigenvalue weighted by Crippen LogP contribution is -2.03. The minimum absolute atomic E-state index is 0.627. The van der Waals surface area contributed by atoms with Crippen LogP contribution in [0.15, 0.2) is 36.5 Å². The number of rotatable bonds is 4. The first-order valence-electron chi connectivity index (χ1n) is 5.99. The number of methoxy groups -OCH3 is 1. The molecule has 0 aliphatic rings. The number of nitrogens with zero attached hydrogens (tertiary/aromatic N) is 1. The van der Waals surface area contributed by atoms with Crippen LogP contribution < -0.4 is 10.1 Å². The lowest BCUT2D eigenvalue weighted by molar-refractivity contribution is 0.399. The number of benzene rings is 1. The molecule has 2 rings (SSSR count). The van der Waals surface area contributed by atoms with Crippen LogP contribution in [-0.2, 0) is 6.54 Å². The Balaban J connectivity index is 2.11. The maximum atomic E-state index is 5.21. The normalized spacial score (nSPS) is 10.2. The summed E-state index contributed by atoms with van der Waals surface area (Å²) in [6, 6.07) is 10.3. The first-order valence-corrected chi connectivity index (χ1v) is 5.99. The summed E-state index contributed by atoms with van der Waals surface area (Å²) in [4.78, 5) is 4.16. The highest BCUT2D eigenvalue weighted by Gasteiger charge is 2.03. The fourth-order valence-corrected chi connectivity index (χ4v) is 1.92. The van der Waals surface area contributed by atoms with E-state index < -0.39 is 0 Å². The largest absolute Gasteiger partial charge is 0.480 e. The standard InChI is InChI=1S/C15H18N2O/c1-11-6-7-13(12(2)9-11)10-17-14-5-4-8-16-15(14)18-3/h4-9,17H,10H2,1-3H3. The van der Waals surface area contributed by atoms with Crippen LogP contribution >= 0.6 is 0 Å². The second-order valence-electron chi connectivity index (χ2n) is 4.34. The van der Waals surface area contributed by atoms with Gasteiger partial charge in [0, 0.05) is 12.7 Å². The van der Waals surface area contributed by atoms with Crippen molar-refractivity contribution in [2.24, 2.45) is 0 Å². The fraction of sp³-hybridized carbons (Fsp3) is 0.267. The molecule has 0 spiro atoms. The van der Waals surface area contributed by atoms with Crippen molar-refractivity contribution < 1.29 is 4.74 Å². The first kappa shape index (κ1) is 12.4. The number of hydrogen-bond acceptors (Lipinski definition) is 3. The van der Waals surface area contributed by atoms with E-state index in [0.717, 1.165) is 12.2 Å². The second kappa shape index (κ2) is 5.54. The average Bonchev–Trinajstić information content (AvgIpc) is 2.38. The number of aryl methyl sites for hydroxylation is 2. The molecule has 0 saturated heterocycles. The van der Waals surface area contributed by atoms with Gasteiger partial charge in [0.05, 0.1) is 12.8 Å². The zero-order valence-electron chi connectivity index (χ0n) is 11.0. The molecule has 0 atom stereocenters. The van der Waals surface area contributed by atoms with Crippen molar-refractivity contribution in [1.29, 1.82) is 0 Å². The Morgan fingerprint density at radius 3 is 2.78 bits per heavy atom. The van der Waals surface area contributed by atoms with E-state index in [9.17, 15) is 0 Å². The van der Waals surface area contributed by atoms with Crippen molar-refractivity contribution in [2.75, 3.05) is 12.4 Å². The summed E-state index contributed by atoms with van der Waals surface area (Å²) >= 11 is 0. The van der Waals surface area contributed by atoms with Gasteiger partial charge < -0.3 is 10.1 Å². The van der Waals surface area contributed by atoms with Gasteiger partial charge in [-0.25, -0.2) is 4.98 Å². The number of anilines is 1. The van der Waals surface area contributed by atoms with Crippen molar-refractivity contribution >= 4 is 5.69 Å².